The second-order valence-electron chi connectivity index (χ2n) is 7.06. The van der Waals surface area contributed by atoms with Gasteiger partial charge in [-0.05, 0) is 38.1 Å². The van der Waals surface area contributed by atoms with Crippen LogP contribution in [-0.2, 0) is 0 Å². The van der Waals surface area contributed by atoms with Crippen molar-refractivity contribution < 1.29 is 18.7 Å². The minimum absolute atomic E-state index is 0.228. The Hall–Kier alpha value is -2.54. The van der Waals surface area contributed by atoms with Crippen LogP contribution >= 0.6 is 0 Å². The number of hydrogen-bond donors (Lipinski definition) is 1. The van der Waals surface area contributed by atoms with E-state index in [2.05, 4.69) is 22.2 Å². The van der Waals surface area contributed by atoms with Crippen molar-refractivity contribution in [3.8, 4) is 22.8 Å². The average Bonchev–Trinajstić information content (AvgIpc) is 3.39. The highest BCUT2D eigenvalue weighted by Gasteiger charge is 2.22. The lowest BCUT2D eigenvalue weighted by molar-refractivity contribution is 0.0943. The van der Waals surface area contributed by atoms with Crippen molar-refractivity contribution in [2.24, 2.45) is 0 Å². The molecule has 1 saturated carbocycles. The SMILES string of the molecule is CN(CCNC(=O)c1ncoc1-c1ccc2c(c1)OCCO2)C1CCCC1. The maximum Gasteiger partial charge on any atom is 0.273 e. The first-order valence-electron chi connectivity index (χ1n) is 9.54. The van der Waals surface area contributed by atoms with Crippen LogP contribution < -0.4 is 14.8 Å². The third kappa shape index (κ3) is 3.93. The van der Waals surface area contributed by atoms with Gasteiger partial charge in [0.1, 0.15) is 13.2 Å². The molecule has 1 aliphatic heterocycles. The Bertz CT molecular complexity index is 798. The molecule has 0 saturated heterocycles. The smallest absolute Gasteiger partial charge is 0.273 e. The summed E-state index contributed by atoms with van der Waals surface area (Å²) in [6.07, 6.45) is 6.41. The minimum atomic E-state index is -0.228. The maximum absolute atomic E-state index is 12.6. The Kier molecular flexibility index (Phi) is 5.29. The molecule has 0 bridgehead atoms. The summed E-state index contributed by atoms with van der Waals surface area (Å²) in [5.74, 6) is 1.56. The van der Waals surface area contributed by atoms with E-state index in [1.807, 2.05) is 18.2 Å². The summed E-state index contributed by atoms with van der Waals surface area (Å²) in [6.45, 7) is 2.46. The van der Waals surface area contributed by atoms with Gasteiger partial charge >= 0.3 is 0 Å². The molecule has 144 valence electrons. The van der Waals surface area contributed by atoms with Gasteiger partial charge < -0.3 is 24.1 Å². The van der Waals surface area contributed by atoms with E-state index in [1.54, 1.807) is 0 Å². The Balaban J connectivity index is 1.40. The molecule has 1 N–H and O–H groups in total. The van der Waals surface area contributed by atoms with Gasteiger partial charge in [-0.3, -0.25) is 4.79 Å². The fourth-order valence-electron chi connectivity index (χ4n) is 3.75. The van der Waals surface area contributed by atoms with Crippen LogP contribution in [0.4, 0.5) is 0 Å². The van der Waals surface area contributed by atoms with E-state index < -0.39 is 0 Å². The molecular weight excluding hydrogens is 346 g/mol. The molecule has 1 aliphatic carbocycles. The van der Waals surface area contributed by atoms with Crippen molar-refractivity contribution in [1.29, 1.82) is 0 Å². The van der Waals surface area contributed by atoms with Gasteiger partial charge in [-0.2, -0.15) is 0 Å². The number of hydrogen-bond acceptors (Lipinski definition) is 6. The summed E-state index contributed by atoms with van der Waals surface area (Å²) in [5.41, 5.74) is 1.03. The highest BCUT2D eigenvalue weighted by Crippen LogP contribution is 2.35. The Labute approximate surface area is 158 Å². The molecule has 2 aliphatic rings. The molecule has 2 heterocycles. The summed E-state index contributed by atoms with van der Waals surface area (Å²) in [4.78, 5) is 19.0. The molecular formula is C20H25N3O4. The van der Waals surface area contributed by atoms with Crippen LogP contribution in [0.25, 0.3) is 11.3 Å². The number of fused-ring (bicyclic) bond motifs is 1. The zero-order valence-corrected chi connectivity index (χ0v) is 15.6. The molecule has 7 heteroatoms. The Morgan fingerprint density at radius 2 is 2.00 bits per heavy atom. The molecule has 1 amide bonds. The quantitative estimate of drug-likeness (QED) is 0.841. The molecule has 0 atom stereocenters. The molecule has 7 nitrogen and oxygen atoms in total. The Morgan fingerprint density at radius 1 is 1.22 bits per heavy atom. The number of carbonyl (C=O) groups is 1. The number of carbonyl (C=O) groups excluding carboxylic acids is 1. The minimum Gasteiger partial charge on any atom is -0.486 e. The molecule has 1 aromatic carbocycles. The lowest BCUT2D eigenvalue weighted by Gasteiger charge is -2.23. The lowest BCUT2D eigenvalue weighted by Crippen LogP contribution is -2.37. The number of aromatic nitrogens is 1. The van der Waals surface area contributed by atoms with Crippen LogP contribution in [0.15, 0.2) is 29.0 Å². The molecule has 1 fully saturated rings. The molecule has 1 aromatic heterocycles. The number of nitrogens with zero attached hydrogens (tertiary/aromatic N) is 2. The van der Waals surface area contributed by atoms with Gasteiger partial charge in [0.2, 0.25) is 0 Å². The van der Waals surface area contributed by atoms with Crippen molar-refractivity contribution in [3.05, 3.63) is 30.3 Å². The number of oxazole rings is 1. The van der Waals surface area contributed by atoms with Crippen molar-refractivity contribution in [2.45, 2.75) is 31.7 Å². The Morgan fingerprint density at radius 3 is 2.81 bits per heavy atom. The van der Waals surface area contributed by atoms with Crippen LogP contribution in [0.2, 0.25) is 0 Å². The summed E-state index contributed by atoms with van der Waals surface area (Å²) in [5, 5.41) is 2.95. The number of likely N-dealkylation sites (N-methyl/N-ethyl adjacent to an activating group) is 1. The summed E-state index contributed by atoms with van der Waals surface area (Å²) in [6, 6.07) is 6.13. The zero-order valence-electron chi connectivity index (χ0n) is 15.6. The summed E-state index contributed by atoms with van der Waals surface area (Å²) < 4.78 is 16.6. The predicted molar refractivity (Wildman–Crippen MR) is 100 cm³/mol. The third-order valence-electron chi connectivity index (χ3n) is 5.28. The van der Waals surface area contributed by atoms with E-state index in [0.717, 1.165) is 12.1 Å². The van der Waals surface area contributed by atoms with Crippen LogP contribution in [0, 0.1) is 0 Å². The van der Waals surface area contributed by atoms with Crippen molar-refractivity contribution in [2.75, 3.05) is 33.4 Å². The van der Waals surface area contributed by atoms with Gasteiger partial charge in [-0.25, -0.2) is 4.98 Å². The van der Waals surface area contributed by atoms with E-state index in [4.69, 9.17) is 13.9 Å². The number of nitrogens with one attached hydrogen (secondary N) is 1. The number of rotatable bonds is 6. The second-order valence-corrected chi connectivity index (χ2v) is 7.06. The largest absolute Gasteiger partial charge is 0.486 e. The van der Waals surface area contributed by atoms with E-state index in [1.165, 1.54) is 32.1 Å². The predicted octanol–water partition coefficient (Wildman–Crippen LogP) is 2.72. The fourth-order valence-corrected chi connectivity index (χ4v) is 3.75. The molecule has 27 heavy (non-hydrogen) atoms. The molecule has 0 radical (unpaired) electrons. The number of ether oxygens (including phenoxy) is 2. The van der Waals surface area contributed by atoms with E-state index in [0.29, 0.717) is 43.1 Å². The topological polar surface area (TPSA) is 76.8 Å². The van der Waals surface area contributed by atoms with E-state index >= 15 is 0 Å². The summed E-state index contributed by atoms with van der Waals surface area (Å²) >= 11 is 0. The van der Waals surface area contributed by atoms with E-state index in [-0.39, 0.29) is 11.6 Å². The van der Waals surface area contributed by atoms with Gasteiger partial charge in [0.25, 0.3) is 5.91 Å². The highest BCUT2D eigenvalue weighted by atomic mass is 16.6. The first kappa shape index (κ1) is 17.9. The molecule has 0 spiro atoms. The molecule has 4 rings (SSSR count). The second kappa shape index (κ2) is 8.00. The maximum atomic E-state index is 12.6. The third-order valence-corrected chi connectivity index (χ3v) is 5.28. The van der Waals surface area contributed by atoms with Crippen molar-refractivity contribution >= 4 is 5.91 Å². The number of amides is 1. The lowest BCUT2D eigenvalue weighted by atomic mass is 10.1. The molecule has 2 aromatic rings. The van der Waals surface area contributed by atoms with Gasteiger partial charge in [0.15, 0.2) is 29.3 Å². The zero-order chi connectivity index (χ0) is 18.6. The standard InChI is InChI=1S/C20H25N3O4/c1-23(15-4-2-3-5-15)9-8-21-20(24)18-19(27-13-22-18)14-6-7-16-17(12-14)26-11-10-25-16/h6-7,12-13,15H,2-5,8-11H2,1H3,(H,21,24). The molecule has 0 unspecified atom stereocenters. The van der Waals surface area contributed by atoms with Gasteiger partial charge in [0.05, 0.1) is 0 Å². The van der Waals surface area contributed by atoms with E-state index in [9.17, 15) is 4.79 Å². The normalized spacial score (nSPS) is 16.7. The van der Waals surface area contributed by atoms with Gasteiger partial charge in [-0.15, -0.1) is 0 Å². The van der Waals surface area contributed by atoms with Crippen molar-refractivity contribution in [3.63, 3.8) is 0 Å². The van der Waals surface area contributed by atoms with Gasteiger partial charge in [0, 0.05) is 24.7 Å². The number of benzene rings is 1. The average molecular weight is 371 g/mol. The highest BCUT2D eigenvalue weighted by molar-refractivity contribution is 5.97. The first-order chi connectivity index (χ1) is 13.2. The van der Waals surface area contributed by atoms with Gasteiger partial charge in [-0.1, -0.05) is 12.8 Å². The van der Waals surface area contributed by atoms with Crippen LogP contribution in [0.3, 0.4) is 0 Å². The summed E-state index contributed by atoms with van der Waals surface area (Å²) in [7, 11) is 2.12. The van der Waals surface area contributed by atoms with Crippen LogP contribution in [-0.4, -0.2) is 55.2 Å². The fraction of sp³-hybridized carbons (Fsp3) is 0.500. The monoisotopic (exact) mass is 371 g/mol. The van der Waals surface area contributed by atoms with Crippen LogP contribution in [0.1, 0.15) is 36.2 Å². The van der Waals surface area contributed by atoms with Crippen LogP contribution in [0.5, 0.6) is 11.5 Å². The van der Waals surface area contributed by atoms with Crippen molar-refractivity contribution in [1.82, 2.24) is 15.2 Å². The first-order valence-corrected chi connectivity index (χ1v) is 9.54.